The van der Waals surface area contributed by atoms with Crippen LogP contribution in [0.15, 0.2) is 81.2 Å². The van der Waals surface area contributed by atoms with Crippen molar-refractivity contribution in [1.29, 1.82) is 0 Å². The van der Waals surface area contributed by atoms with Crippen LogP contribution in [0.2, 0.25) is 0 Å². The molecule has 1 amide bonds. The number of aryl methyl sites for hydroxylation is 3. The molecule has 14 heteroatoms. The third-order valence-electron chi connectivity index (χ3n) is 7.70. The standard InChI is InChI=1S/C32H33N3O8S3/c1-20-16-21(2)31(22(3)17-20)46(41,42)35(19-28(36)37)27-11-6-10-26-25(27)13-14-34(26)30(23-8-5-9-24(18-23)43-4)32(38)33-45(39,40)29-12-7-15-44-29/h5-12,15-18,30H,13-14,19H2,1-4H3,(H,33,38)(H,36,37). The quantitative estimate of drug-likeness (QED) is 0.232. The van der Waals surface area contributed by atoms with Crippen molar-refractivity contribution < 1.29 is 36.3 Å². The second kappa shape index (κ2) is 12.8. The fourth-order valence-corrected chi connectivity index (χ4v) is 9.83. The Kier molecular flexibility index (Phi) is 9.16. The summed E-state index contributed by atoms with van der Waals surface area (Å²) < 4.78 is 63.1. The molecule has 5 rings (SSSR count). The molecule has 0 saturated heterocycles. The molecule has 1 aromatic heterocycles. The molecule has 1 aliphatic heterocycles. The van der Waals surface area contributed by atoms with Gasteiger partial charge in [-0.1, -0.05) is 42.0 Å². The zero-order chi connectivity index (χ0) is 33.4. The summed E-state index contributed by atoms with van der Waals surface area (Å²) in [5, 5.41) is 11.4. The highest BCUT2D eigenvalue weighted by molar-refractivity contribution is 7.93. The van der Waals surface area contributed by atoms with Crippen molar-refractivity contribution in [2.45, 2.75) is 42.3 Å². The van der Waals surface area contributed by atoms with Crippen LogP contribution in [-0.4, -0.2) is 54.0 Å². The Hall–Kier alpha value is -4.40. The molecule has 2 heterocycles. The minimum absolute atomic E-state index is 0.0226. The van der Waals surface area contributed by atoms with Gasteiger partial charge in [-0.3, -0.25) is 13.9 Å². The molecule has 1 atom stereocenters. The lowest BCUT2D eigenvalue weighted by Crippen LogP contribution is -2.42. The number of ether oxygens (including phenoxy) is 1. The van der Waals surface area contributed by atoms with E-state index in [0.717, 1.165) is 21.2 Å². The van der Waals surface area contributed by atoms with Crippen molar-refractivity contribution in [3.63, 3.8) is 0 Å². The number of nitrogens with one attached hydrogen (secondary N) is 1. The Labute approximate surface area is 272 Å². The Bertz CT molecular complexity index is 2000. The molecule has 1 unspecified atom stereocenters. The van der Waals surface area contributed by atoms with Crippen molar-refractivity contribution in [1.82, 2.24) is 4.72 Å². The van der Waals surface area contributed by atoms with Crippen LogP contribution >= 0.6 is 11.3 Å². The number of fused-ring (bicyclic) bond motifs is 1. The molecule has 46 heavy (non-hydrogen) atoms. The number of carbonyl (C=O) groups is 2. The lowest BCUT2D eigenvalue weighted by Gasteiger charge is -2.31. The summed E-state index contributed by atoms with van der Waals surface area (Å²) in [4.78, 5) is 27.7. The molecule has 0 radical (unpaired) electrons. The predicted molar refractivity (Wildman–Crippen MR) is 176 cm³/mol. The van der Waals surface area contributed by atoms with E-state index in [1.807, 2.05) is 6.92 Å². The first-order valence-corrected chi connectivity index (χ1v) is 18.0. The zero-order valence-electron chi connectivity index (χ0n) is 25.6. The number of carboxylic acids is 1. The largest absolute Gasteiger partial charge is 0.497 e. The number of thiophene rings is 1. The molecule has 0 bridgehead atoms. The average Bonchev–Trinajstić information content (AvgIpc) is 3.67. The number of sulfonamides is 2. The number of rotatable bonds is 11. The summed E-state index contributed by atoms with van der Waals surface area (Å²) in [5.41, 5.74) is 3.44. The van der Waals surface area contributed by atoms with E-state index in [4.69, 9.17) is 4.74 Å². The molecular formula is C32H33N3O8S3. The molecule has 11 nitrogen and oxygen atoms in total. The first kappa shape index (κ1) is 33.0. The van der Waals surface area contributed by atoms with Crippen molar-refractivity contribution in [2.24, 2.45) is 0 Å². The Morgan fingerprint density at radius 1 is 1.00 bits per heavy atom. The molecular weight excluding hydrogens is 651 g/mol. The Balaban J connectivity index is 1.63. The number of benzene rings is 3. The van der Waals surface area contributed by atoms with Crippen molar-refractivity contribution in [3.8, 4) is 5.75 Å². The normalized spacial score (nSPS) is 13.6. The predicted octanol–water partition coefficient (Wildman–Crippen LogP) is 4.57. The molecule has 242 valence electrons. The van der Waals surface area contributed by atoms with Crippen LogP contribution in [0.3, 0.4) is 0 Å². The Morgan fingerprint density at radius 3 is 2.33 bits per heavy atom. The number of aliphatic carboxylic acids is 1. The zero-order valence-corrected chi connectivity index (χ0v) is 28.0. The van der Waals surface area contributed by atoms with Gasteiger partial charge in [0.2, 0.25) is 0 Å². The van der Waals surface area contributed by atoms with E-state index in [1.165, 1.54) is 13.2 Å². The minimum Gasteiger partial charge on any atom is -0.497 e. The fraction of sp³-hybridized carbons (Fsp3) is 0.250. The van der Waals surface area contributed by atoms with E-state index >= 15 is 0 Å². The number of amides is 1. The van der Waals surface area contributed by atoms with E-state index < -0.39 is 44.5 Å². The fourth-order valence-electron chi connectivity index (χ4n) is 5.99. The van der Waals surface area contributed by atoms with E-state index in [2.05, 4.69) is 4.72 Å². The molecule has 0 aliphatic carbocycles. The SMILES string of the molecule is COc1cccc(C(C(=O)NS(=O)(=O)c2cccs2)N2CCc3c2cccc3N(CC(=O)O)S(=O)(=O)c2c(C)cc(C)cc2C)c1. The summed E-state index contributed by atoms with van der Waals surface area (Å²) in [6.45, 7) is 4.58. The smallest absolute Gasteiger partial charge is 0.324 e. The Morgan fingerprint density at radius 2 is 1.70 bits per heavy atom. The number of hydrogen-bond acceptors (Lipinski definition) is 9. The number of methoxy groups -OCH3 is 1. The lowest BCUT2D eigenvalue weighted by atomic mass is 10.0. The summed E-state index contributed by atoms with van der Waals surface area (Å²) >= 11 is 0.973. The van der Waals surface area contributed by atoms with Crippen LogP contribution in [0.4, 0.5) is 11.4 Å². The van der Waals surface area contributed by atoms with E-state index in [9.17, 15) is 31.5 Å². The maximum atomic E-state index is 14.2. The number of carbonyl (C=O) groups excluding carboxylic acids is 1. The van der Waals surface area contributed by atoms with Gasteiger partial charge in [0, 0.05) is 17.8 Å². The summed E-state index contributed by atoms with van der Waals surface area (Å²) in [6, 6.07) is 16.8. The maximum absolute atomic E-state index is 14.2. The molecule has 0 spiro atoms. The van der Waals surface area contributed by atoms with Gasteiger partial charge in [0.15, 0.2) is 0 Å². The molecule has 0 fully saturated rings. The van der Waals surface area contributed by atoms with Gasteiger partial charge in [0.25, 0.3) is 26.0 Å². The van der Waals surface area contributed by atoms with Crippen LogP contribution in [0, 0.1) is 20.8 Å². The monoisotopic (exact) mass is 683 g/mol. The summed E-state index contributed by atoms with van der Waals surface area (Å²) in [6.07, 6.45) is 0.258. The van der Waals surface area contributed by atoms with Crippen molar-refractivity contribution in [2.75, 3.05) is 29.4 Å². The molecule has 0 saturated carbocycles. The second-order valence-electron chi connectivity index (χ2n) is 10.9. The van der Waals surface area contributed by atoms with E-state index in [0.29, 0.717) is 33.7 Å². The first-order chi connectivity index (χ1) is 21.7. The summed E-state index contributed by atoms with van der Waals surface area (Å²) in [7, 11) is -7.06. The van der Waals surface area contributed by atoms with Crippen LogP contribution in [0.25, 0.3) is 0 Å². The van der Waals surface area contributed by atoms with Gasteiger partial charge in [-0.05, 0) is 79.6 Å². The lowest BCUT2D eigenvalue weighted by molar-refractivity contribution is -0.135. The topological polar surface area (TPSA) is 150 Å². The number of carboxylic acid groups (broad SMARTS) is 1. The van der Waals surface area contributed by atoms with Crippen LogP contribution < -0.4 is 18.7 Å². The van der Waals surface area contributed by atoms with Crippen LogP contribution in [0.1, 0.15) is 33.9 Å². The van der Waals surface area contributed by atoms with E-state index in [1.54, 1.807) is 84.8 Å². The van der Waals surface area contributed by atoms with Gasteiger partial charge in [-0.2, -0.15) is 0 Å². The molecule has 2 N–H and O–H groups in total. The van der Waals surface area contributed by atoms with Crippen LogP contribution in [-0.2, 0) is 36.1 Å². The van der Waals surface area contributed by atoms with E-state index in [-0.39, 0.29) is 27.8 Å². The van der Waals surface area contributed by atoms with Crippen molar-refractivity contribution >= 4 is 54.6 Å². The van der Waals surface area contributed by atoms with Gasteiger partial charge in [-0.15, -0.1) is 11.3 Å². The van der Waals surface area contributed by atoms with Crippen molar-refractivity contribution in [3.05, 3.63) is 99.9 Å². The van der Waals surface area contributed by atoms with Crippen LogP contribution in [0.5, 0.6) is 5.75 Å². The number of anilines is 2. The highest BCUT2D eigenvalue weighted by Gasteiger charge is 2.38. The number of nitrogens with zero attached hydrogens (tertiary/aromatic N) is 2. The third kappa shape index (κ3) is 6.32. The number of hydrogen-bond donors (Lipinski definition) is 2. The first-order valence-electron chi connectivity index (χ1n) is 14.2. The average molecular weight is 684 g/mol. The molecule has 3 aromatic carbocycles. The van der Waals surface area contributed by atoms with Gasteiger partial charge >= 0.3 is 5.97 Å². The van der Waals surface area contributed by atoms with Gasteiger partial charge < -0.3 is 14.7 Å². The second-order valence-corrected chi connectivity index (χ2v) is 15.6. The van der Waals surface area contributed by atoms with Gasteiger partial charge in [0.1, 0.15) is 22.5 Å². The maximum Gasteiger partial charge on any atom is 0.324 e. The highest BCUT2D eigenvalue weighted by atomic mass is 32.2. The third-order valence-corrected chi connectivity index (χ3v) is 12.5. The molecule has 1 aliphatic rings. The molecule has 4 aromatic rings. The van der Waals surface area contributed by atoms with Gasteiger partial charge in [-0.25, -0.2) is 21.6 Å². The summed E-state index contributed by atoms with van der Waals surface area (Å²) in [5.74, 6) is -1.71. The minimum atomic E-state index is -4.35. The highest BCUT2D eigenvalue weighted by Crippen LogP contribution is 2.42. The van der Waals surface area contributed by atoms with Gasteiger partial charge in [0.05, 0.1) is 17.7 Å².